The van der Waals surface area contributed by atoms with Crippen LogP contribution in [0.1, 0.15) is 38.7 Å². The SMILES string of the molecule is Cc1ccc(N)cc1S(=O)(=O)NC1CCC(C)(C)C1. The van der Waals surface area contributed by atoms with Gasteiger partial charge in [0.25, 0.3) is 0 Å². The van der Waals surface area contributed by atoms with Crippen LogP contribution in [0.2, 0.25) is 0 Å². The molecule has 106 valence electrons. The molecule has 1 fully saturated rings. The molecule has 1 saturated carbocycles. The van der Waals surface area contributed by atoms with Crippen LogP contribution in [0, 0.1) is 12.3 Å². The average Bonchev–Trinajstić information content (AvgIpc) is 2.60. The Hall–Kier alpha value is -1.07. The largest absolute Gasteiger partial charge is 0.399 e. The molecule has 0 saturated heterocycles. The Labute approximate surface area is 115 Å². The summed E-state index contributed by atoms with van der Waals surface area (Å²) in [6, 6.07) is 5.01. The molecule has 1 aliphatic carbocycles. The van der Waals surface area contributed by atoms with E-state index in [2.05, 4.69) is 18.6 Å². The first kappa shape index (κ1) is 14.3. The molecular formula is C14H22N2O2S. The molecule has 0 radical (unpaired) electrons. The highest BCUT2D eigenvalue weighted by molar-refractivity contribution is 7.89. The fraction of sp³-hybridized carbons (Fsp3) is 0.571. The lowest BCUT2D eigenvalue weighted by atomic mass is 9.92. The van der Waals surface area contributed by atoms with E-state index in [1.807, 2.05) is 0 Å². The Morgan fingerprint density at radius 2 is 2.05 bits per heavy atom. The van der Waals surface area contributed by atoms with Crippen LogP contribution >= 0.6 is 0 Å². The molecule has 0 spiro atoms. The fourth-order valence-electron chi connectivity index (χ4n) is 2.73. The van der Waals surface area contributed by atoms with Gasteiger partial charge in [0.1, 0.15) is 0 Å². The van der Waals surface area contributed by atoms with Gasteiger partial charge >= 0.3 is 0 Å². The Morgan fingerprint density at radius 3 is 2.63 bits per heavy atom. The number of anilines is 1. The zero-order valence-corrected chi connectivity index (χ0v) is 12.5. The second kappa shape index (κ2) is 4.80. The van der Waals surface area contributed by atoms with Crippen molar-refractivity contribution in [1.82, 2.24) is 4.72 Å². The predicted molar refractivity (Wildman–Crippen MR) is 77.3 cm³/mol. The van der Waals surface area contributed by atoms with E-state index in [-0.39, 0.29) is 16.4 Å². The minimum Gasteiger partial charge on any atom is -0.399 e. The molecule has 1 aromatic rings. The van der Waals surface area contributed by atoms with Gasteiger partial charge in [-0.15, -0.1) is 0 Å². The summed E-state index contributed by atoms with van der Waals surface area (Å²) in [6.07, 6.45) is 2.83. The van der Waals surface area contributed by atoms with Crippen molar-refractivity contribution in [2.24, 2.45) is 5.41 Å². The van der Waals surface area contributed by atoms with Crippen LogP contribution < -0.4 is 10.5 Å². The third-order valence-corrected chi connectivity index (χ3v) is 5.45. The van der Waals surface area contributed by atoms with E-state index in [0.29, 0.717) is 5.69 Å². The van der Waals surface area contributed by atoms with Gasteiger partial charge in [-0.25, -0.2) is 13.1 Å². The third kappa shape index (κ3) is 3.28. The minimum absolute atomic E-state index is 0.0285. The molecule has 0 amide bonds. The van der Waals surface area contributed by atoms with Crippen molar-refractivity contribution in [3.05, 3.63) is 23.8 Å². The number of aryl methyl sites for hydroxylation is 1. The normalized spacial score (nSPS) is 22.6. The zero-order chi connectivity index (χ0) is 14.3. The zero-order valence-electron chi connectivity index (χ0n) is 11.7. The highest BCUT2D eigenvalue weighted by atomic mass is 32.2. The molecular weight excluding hydrogens is 260 g/mol. The number of nitrogen functional groups attached to an aromatic ring is 1. The van der Waals surface area contributed by atoms with Crippen LogP contribution in [0.15, 0.2) is 23.1 Å². The number of hydrogen-bond donors (Lipinski definition) is 2. The van der Waals surface area contributed by atoms with Gasteiger partial charge in [-0.3, -0.25) is 0 Å². The van der Waals surface area contributed by atoms with E-state index in [9.17, 15) is 8.42 Å². The molecule has 5 heteroatoms. The number of nitrogens with two attached hydrogens (primary N) is 1. The van der Waals surface area contributed by atoms with Gasteiger partial charge in [-0.05, 0) is 49.3 Å². The lowest BCUT2D eigenvalue weighted by Crippen LogP contribution is -2.34. The van der Waals surface area contributed by atoms with Crippen LogP contribution in [-0.2, 0) is 10.0 Å². The van der Waals surface area contributed by atoms with Crippen molar-refractivity contribution in [3.63, 3.8) is 0 Å². The molecule has 1 atom stereocenters. The molecule has 1 aliphatic rings. The number of hydrogen-bond acceptors (Lipinski definition) is 3. The molecule has 1 unspecified atom stereocenters. The van der Waals surface area contributed by atoms with Gasteiger partial charge < -0.3 is 5.73 Å². The van der Waals surface area contributed by atoms with E-state index in [1.165, 1.54) is 6.07 Å². The van der Waals surface area contributed by atoms with Crippen LogP contribution in [0.25, 0.3) is 0 Å². The molecule has 1 aromatic carbocycles. The second-order valence-electron chi connectivity index (χ2n) is 6.25. The molecule has 0 bridgehead atoms. The smallest absolute Gasteiger partial charge is 0.241 e. The summed E-state index contributed by atoms with van der Waals surface area (Å²) in [4.78, 5) is 0.289. The topological polar surface area (TPSA) is 72.2 Å². The highest BCUT2D eigenvalue weighted by Gasteiger charge is 2.33. The first-order chi connectivity index (χ1) is 8.70. The van der Waals surface area contributed by atoms with E-state index < -0.39 is 10.0 Å². The molecule has 4 nitrogen and oxygen atoms in total. The minimum atomic E-state index is -3.48. The summed E-state index contributed by atoms with van der Waals surface area (Å²) < 4.78 is 27.6. The van der Waals surface area contributed by atoms with Gasteiger partial charge in [0.05, 0.1) is 4.90 Å². The molecule has 3 N–H and O–H groups in total. The summed E-state index contributed by atoms with van der Waals surface area (Å²) in [5.41, 5.74) is 7.09. The van der Waals surface area contributed by atoms with Crippen LogP contribution in [0.4, 0.5) is 5.69 Å². The summed E-state index contributed by atoms with van der Waals surface area (Å²) in [5, 5.41) is 0. The second-order valence-corrected chi connectivity index (χ2v) is 7.93. The number of rotatable bonds is 3. The van der Waals surface area contributed by atoms with Crippen LogP contribution in [0.5, 0.6) is 0 Å². The van der Waals surface area contributed by atoms with Crippen molar-refractivity contribution >= 4 is 15.7 Å². The Morgan fingerprint density at radius 1 is 1.37 bits per heavy atom. The molecule has 19 heavy (non-hydrogen) atoms. The van der Waals surface area contributed by atoms with E-state index in [0.717, 1.165) is 24.8 Å². The van der Waals surface area contributed by atoms with Gasteiger partial charge in [0.15, 0.2) is 0 Å². The highest BCUT2D eigenvalue weighted by Crippen LogP contribution is 2.37. The number of nitrogens with one attached hydrogen (secondary N) is 1. The van der Waals surface area contributed by atoms with E-state index >= 15 is 0 Å². The number of benzene rings is 1. The molecule has 0 aromatic heterocycles. The first-order valence-electron chi connectivity index (χ1n) is 6.58. The molecule has 2 rings (SSSR count). The summed E-state index contributed by atoms with van der Waals surface area (Å²) >= 11 is 0. The summed E-state index contributed by atoms with van der Waals surface area (Å²) in [7, 11) is -3.48. The van der Waals surface area contributed by atoms with Gasteiger partial charge in [-0.1, -0.05) is 19.9 Å². The quantitative estimate of drug-likeness (QED) is 0.836. The van der Waals surface area contributed by atoms with Crippen molar-refractivity contribution in [1.29, 1.82) is 0 Å². The first-order valence-corrected chi connectivity index (χ1v) is 8.06. The van der Waals surface area contributed by atoms with Crippen LogP contribution in [-0.4, -0.2) is 14.5 Å². The van der Waals surface area contributed by atoms with Crippen molar-refractivity contribution in [2.45, 2.75) is 51.0 Å². The summed E-state index contributed by atoms with van der Waals surface area (Å²) in [6.45, 7) is 6.13. The Kier molecular flexibility index (Phi) is 3.62. The number of sulfonamides is 1. The maximum atomic E-state index is 12.4. The lowest BCUT2D eigenvalue weighted by Gasteiger charge is -2.18. The van der Waals surface area contributed by atoms with Crippen LogP contribution in [0.3, 0.4) is 0 Å². The maximum Gasteiger partial charge on any atom is 0.241 e. The van der Waals surface area contributed by atoms with Crippen molar-refractivity contribution in [3.8, 4) is 0 Å². The van der Waals surface area contributed by atoms with Gasteiger partial charge in [-0.2, -0.15) is 0 Å². The predicted octanol–water partition coefficient (Wildman–Crippen LogP) is 2.43. The average molecular weight is 282 g/mol. The van der Waals surface area contributed by atoms with Crippen molar-refractivity contribution in [2.75, 3.05) is 5.73 Å². The molecule has 0 heterocycles. The summed E-state index contributed by atoms with van der Waals surface area (Å²) in [5.74, 6) is 0. The van der Waals surface area contributed by atoms with Crippen molar-refractivity contribution < 1.29 is 8.42 Å². The molecule has 0 aliphatic heterocycles. The third-order valence-electron chi connectivity index (χ3n) is 3.79. The van der Waals surface area contributed by atoms with Gasteiger partial charge in [0.2, 0.25) is 10.0 Å². The monoisotopic (exact) mass is 282 g/mol. The Bertz CT molecular complexity index is 579. The lowest BCUT2D eigenvalue weighted by molar-refractivity contribution is 0.372. The van der Waals surface area contributed by atoms with E-state index in [4.69, 9.17) is 5.73 Å². The van der Waals surface area contributed by atoms with E-state index in [1.54, 1.807) is 19.1 Å². The maximum absolute atomic E-state index is 12.4. The fourth-order valence-corrected chi connectivity index (χ4v) is 4.28. The van der Waals surface area contributed by atoms with Gasteiger partial charge in [0, 0.05) is 11.7 Å². The Balaban J connectivity index is 2.22. The standard InChI is InChI=1S/C14H22N2O2S/c1-10-4-5-11(15)8-13(10)19(17,18)16-12-6-7-14(2,3)9-12/h4-5,8,12,16H,6-7,9,15H2,1-3H3.